The molecule has 4 rings (SSSR count). The molecule has 0 unspecified atom stereocenters. The first-order chi connectivity index (χ1) is 12.6. The van der Waals surface area contributed by atoms with E-state index in [0.29, 0.717) is 5.56 Å². The third-order valence-corrected chi connectivity index (χ3v) is 4.79. The summed E-state index contributed by atoms with van der Waals surface area (Å²) in [5.41, 5.74) is 4.78. The van der Waals surface area contributed by atoms with Gasteiger partial charge in [-0.25, -0.2) is 0 Å². The lowest BCUT2D eigenvalue weighted by Crippen LogP contribution is -2.42. The van der Waals surface area contributed by atoms with Crippen LogP contribution in [0, 0.1) is 25.2 Å². The van der Waals surface area contributed by atoms with Crippen LogP contribution in [-0.2, 0) is 7.05 Å². The first-order valence-electron chi connectivity index (χ1n) is 8.45. The van der Waals surface area contributed by atoms with Gasteiger partial charge in [-0.1, -0.05) is 21.8 Å². The average molecular weight is 341 g/mol. The Morgan fingerprint density at radius 1 is 1.08 bits per heavy atom. The van der Waals surface area contributed by atoms with E-state index >= 15 is 0 Å². The number of hydrogen-bond donors (Lipinski definition) is 0. The van der Waals surface area contributed by atoms with Gasteiger partial charge in [-0.05, 0) is 19.1 Å². The molecular weight excluding hydrogens is 322 g/mol. The normalized spacial score (nSPS) is 10.8. The molecule has 0 fully saturated rings. The van der Waals surface area contributed by atoms with Crippen molar-refractivity contribution in [2.24, 2.45) is 7.05 Å². The van der Waals surface area contributed by atoms with Crippen LogP contribution in [0.25, 0.3) is 22.3 Å². The number of hydrogen-bond acceptors (Lipinski definition) is 2. The van der Waals surface area contributed by atoms with Gasteiger partial charge in [0.2, 0.25) is 11.9 Å². The van der Waals surface area contributed by atoms with E-state index in [1.54, 1.807) is 6.20 Å². The van der Waals surface area contributed by atoms with Crippen molar-refractivity contribution in [1.82, 2.24) is 9.67 Å². The standard InChI is InChI=1S/C21H19N5/c1-15-20(25-10-6-9-23-16(25)2)11-17(13-22)12-21(15)26-14-18-7-4-5-8-19(18)24(26)3/h4-12,14H,1-3H3/q+2. The van der Waals surface area contributed by atoms with Crippen molar-refractivity contribution < 1.29 is 9.25 Å². The highest BCUT2D eigenvalue weighted by Crippen LogP contribution is 2.19. The van der Waals surface area contributed by atoms with E-state index in [1.165, 1.54) is 0 Å². The van der Waals surface area contributed by atoms with E-state index in [2.05, 4.69) is 45.7 Å². The Bertz CT molecular complexity index is 1180. The Labute approximate surface area is 152 Å². The van der Waals surface area contributed by atoms with E-state index in [-0.39, 0.29) is 0 Å². The summed E-state index contributed by atoms with van der Waals surface area (Å²) in [4.78, 5) is 4.37. The molecule has 5 heteroatoms. The zero-order chi connectivity index (χ0) is 18.3. The smallest absolute Gasteiger partial charge is 0.200 e. The minimum atomic E-state index is 0.620. The van der Waals surface area contributed by atoms with Crippen LogP contribution in [0.15, 0.2) is 61.1 Å². The summed E-state index contributed by atoms with van der Waals surface area (Å²) in [6, 6.07) is 16.3. The molecule has 0 spiro atoms. The molecule has 2 heterocycles. The van der Waals surface area contributed by atoms with Gasteiger partial charge in [0.15, 0.2) is 0 Å². The van der Waals surface area contributed by atoms with Crippen molar-refractivity contribution in [1.29, 1.82) is 5.26 Å². The molecule has 0 aliphatic heterocycles. The zero-order valence-corrected chi connectivity index (χ0v) is 15.0. The lowest BCUT2D eigenvalue weighted by molar-refractivity contribution is -0.680. The monoisotopic (exact) mass is 341 g/mol. The van der Waals surface area contributed by atoms with Gasteiger partial charge in [0, 0.05) is 25.1 Å². The van der Waals surface area contributed by atoms with E-state index in [0.717, 1.165) is 33.7 Å². The molecule has 0 radical (unpaired) electrons. The molecular formula is C21H19N5+2. The third kappa shape index (κ3) is 2.44. The van der Waals surface area contributed by atoms with Gasteiger partial charge in [-0.2, -0.15) is 14.5 Å². The highest BCUT2D eigenvalue weighted by Gasteiger charge is 2.24. The molecule has 5 nitrogen and oxygen atoms in total. The minimum absolute atomic E-state index is 0.620. The van der Waals surface area contributed by atoms with E-state index in [1.807, 2.05) is 55.1 Å². The molecule has 0 N–H and O–H groups in total. The highest BCUT2D eigenvalue weighted by atomic mass is 15.4. The lowest BCUT2D eigenvalue weighted by Gasteiger charge is -2.08. The third-order valence-electron chi connectivity index (χ3n) is 4.79. The van der Waals surface area contributed by atoms with Crippen LogP contribution < -0.4 is 9.25 Å². The zero-order valence-electron chi connectivity index (χ0n) is 15.0. The second-order valence-corrected chi connectivity index (χ2v) is 6.34. The van der Waals surface area contributed by atoms with Gasteiger partial charge in [0.1, 0.15) is 23.6 Å². The number of benzene rings is 2. The van der Waals surface area contributed by atoms with Crippen molar-refractivity contribution >= 4 is 10.9 Å². The van der Waals surface area contributed by atoms with E-state index < -0.39 is 0 Å². The van der Waals surface area contributed by atoms with Crippen LogP contribution in [0.3, 0.4) is 0 Å². The van der Waals surface area contributed by atoms with Crippen LogP contribution in [0.4, 0.5) is 0 Å². The predicted molar refractivity (Wildman–Crippen MR) is 98.0 cm³/mol. The maximum atomic E-state index is 9.56. The van der Waals surface area contributed by atoms with Crippen LogP contribution in [0.1, 0.15) is 17.0 Å². The number of nitriles is 1. The predicted octanol–water partition coefficient (Wildman–Crippen LogP) is 2.62. The van der Waals surface area contributed by atoms with Crippen LogP contribution >= 0.6 is 0 Å². The number of fused-ring (bicyclic) bond motifs is 1. The molecule has 2 aromatic carbocycles. The number of para-hydroxylation sites is 1. The quantitative estimate of drug-likeness (QED) is 0.526. The summed E-state index contributed by atoms with van der Waals surface area (Å²) in [6.07, 6.45) is 5.85. The lowest BCUT2D eigenvalue weighted by atomic mass is 10.1. The Hall–Kier alpha value is -3.52. The van der Waals surface area contributed by atoms with Gasteiger partial charge >= 0.3 is 0 Å². The fourth-order valence-corrected chi connectivity index (χ4v) is 3.39. The number of aromatic nitrogens is 4. The maximum Gasteiger partial charge on any atom is 0.300 e. The van der Waals surface area contributed by atoms with Crippen molar-refractivity contribution in [2.45, 2.75) is 13.8 Å². The van der Waals surface area contributed by atoms with E-state index in [4.69, 9.17) is 0 Å². The van der Waals surface area contributed by atoms with Crippen molar-refractivity contribution in [3.05, 3.63) is 78.0 Å². The van der Waals surface area contributed by atoms with Gasteiger partial charge in [0.05, 0.1) is 29.6 Å². The van der Waals surface area contributed by atoms with Crippen LogP contribution in [-0.4, -0.2) is 9.67 Å². The molecule has 0 aliphatic carbocycles. The molecule has 4 aromatic rings. The Balaban J connectivity index is 2.03. The summed E-state index contributed by atoms with van der Waals surface area (Å²) in [5, 5.41) is 10.7. The molecule has 0 saturated heterocycles. The molecule has 0 atom stereocenters. The summed E-state index contributed by atoms with van der Waals surface area (Å²) >= 11 is 0. The second-order valence-electron chi connectivity index (χ2n) is 6.34. The first-order valence-corrected chi connectivity index (χ1v) is 8.45. The molecule has 126 valence electrons. The highest BCUT2D eigenvalue weighted by molar-refractivity contribution is 5.77. The largest absolute Gasteiger partial charge is 0.300 e. The van der Waals surface area contributed by atoms with Gasteiger partial charge in [-0.3, -0.25) is 0 Å². The van der Waals surface area contributed by atoms with Crippen molar-refractivity contribution in [2.75, 3.05) is 0 Å². The van der Waals surface area contributed by atoms with Gasteiger partial charge in [-0.15, -0.1) is 0 Å². The number of rotatable bonds is 2. The van der Waals surface area contributed by atoms with Crippen LogP contribution in [0.5, 0.6) is 0 Å². The van der Waals surface area contributed by atoms with Crippen molar-refractivity contribution in [3.63, 3.8) is 0 Å². The fourth-order valence-electron chi connectivity index (χ4n) is 3.39. The summed E-state index contributed by atoms with van der Waals surface area (Å²) < 4.78 is 6.21. The number of aryl methyl sites for hydroxylation is 2. The van der Waals surface area contributed by atoms with Gasteiger partial charge < -0.3 is 0 Å². The SMILES string of the molecule is Cc1c(-[n+]2cccnc2C)cc(C#N)cc1-[n+]1cc2ccccc2n1C. The van der Waals surface area contributed by atoms with E-state index in [9.17, 15) is 5.26 Å². The second kappa shape index (κ2) is 6.08. The van der Waals surface area contributed by atoms with Gasteiger partial charge in [0.25, 0.3) is 5.82 Å². The minimum Gasteiger partial charge on any atom is -0.200 e. The first kappa shape index (κ1) is 16.0. The molecule has 0 saturated carbocycles. The Morgan fingerprint density at radius 3 is 2.58 bits per heavy atom. The maximum absolute atomic E-state index is 9.56. The summed E-state index contributed by atoms with van der Waals surface area (Å²) in [5.74, 6) is 0.874. The summed E-state index contributed by atoms with van der Waals surface area (Å²) in [7, 11) is 2.03. The average Bonchev–Trinajstić information content (AvgIpc) is 2.99. The van der Waals surface area contributed by atoms with Crippen molar-refractivity contribution in [3.8, 4) is 17.4 Å². The van der Waals surface area contributed by atoms with Crippen LogP contribution in [0.2, 0.25) is 0 Å². The molecule has 2 aromatic heterocycles. The molecule has 26 heavy (non-hydrogen) atoms. The molecule has 0 amide bonds. The molecule has 0 bridgehead atoms. The summed E-state index contributed by atoms with van der Waals surface area (Å²) in [6.45, 7) is 4.04. The topological polar surface area (TPSA) is 49.4 Å². The molecule has 0 aliphatic rings. The Morgan fingerprint density at radius 2 is 1.85 bits per heavy atom. The Kier molecular flexibility index (Phi) is 3.74. The fraction of sp³-hybridized carbons (Fsp3) is 0.143. The number of nitrogens with zero attached hydrogens (tertiary/aromatic N) is 5.